The third kappa shape index (κ3) is 6.05. The van der Waals surface area contributed by atoms with Gasteiger partial charge in [0.25, 0.3) is 0 Å². The Morgan fingerprint density at radius 2 is 1.69 bits per heavy atom. The van der Waals surface area contributed by atoms with Crippen LogP contribution in [0.3, 0.4) is 0 Å². The van der Waals surface area contributed by atoms with Gasteiger partial charge in [-0.2, -0.15) is 0 Å². The number of hydrogen-bond acceptors (Lipinski definition) is 3. The van der Waals surface area contributed by atoms with E-state index in [-0.39, 0.29) is 11.3 Å². The van der Waals surface area contributed by atoms with Crippen LogP contribution < -0.4 is 5.73 Å². The minimum atomic E-state index is -2.84. The summed E-state index contributed by atoms with van der Waals surface area (Å²) in [5.74, 6) is 0.303. The molecule has 0 radical (unpaired) electrons. The van der Waals surface area contributed by atoms with Gasteiger partial charge < -0.3 is 5.73 Å². The molecular weight excluding hydrogens is 186 g/mol. The fourth-order valence-electron chi connectivity index (χ4n) is 1.01. The maximum absolute atomic E-state index is 11.3. The van der Waals surface area contributed by atoms with Gasteiger partial charge in [0.1, 0.15) is 0 Å². The Balaban J connectivity index is 3.66. The van der Waals surface area contributed by atoms with Crippen molar-refractivity contribution in [1.29, 1.82) is 0 Å². The third-order valence-electron chi connectivity index (χ3n) is 2.06. The Hall–Kier alpha value is -0.0900. The van der Waals surface area contributed by atoms with Gasteiger partial charge in [0.15, 0.2) is 9.84 Å². The van der Waals surface area contributed by atoms with Gasteiger partial charge in [-0.15, -0.1) is 0 Å². The highest BCUT2D eigenvalue weighted by atomic mass is 32.2. The number of sulfone groups is 1. The van der Waals surface area contributed by atoms with E-state index < -0.39 is 9.84 Å². The summed E-state index contributed by atoms with van der Waals surface area (Å²) in [6.07, 6.45) is 2.55. The molecule has 4 heteroatoms. The van der Waals surface area contributed by atoms with E-state index in [4.69, 9.17) is 5.73 Å². The van der Waals surface area contributed by atoms with Gasteiger partial charge >= 0.3 is 0 Å². The quantitative estimate of drug-likeness (QED) is 0.668. The predicted molar refractivity (Wildman–Crippen MR) is 56.4 cm³/mol. The normalized spacial score (nSPS) is 14.8. The number of hydrogen-bond donors (Lipinski definition) is 1. The van der Waals surface area contributed by atoms with Crippen molar-refractivity contribution in [2.24, 2.45) is 5.73 Å². The lowest BCUT2D eigenvalue weighted by Gasteiger charge is -2.08. The van der Waals surface area contributed by atoms with E-state index in [1.54, 1.807) is 13.8 Å². The Morgan fingerprint density at radius 1 is 1.15 bits per heavy atom. The lowest BCUT2D eigenvalue weighted by atomic mass is 10.2. The van der Waals surface area contributed by atoms with Crippen LogP contribution in [0.15, 0.2) is 0 Å². The smallest absolute Gasteiger partial charge is 0.152 e. The minimum Gasteiger partial charge on any atom is -0.328 e. The maximum atomic E-state index is 11.3. The zero-order valence-corrected chi connectivity index (χ0v) is 9.60. The molecule has 1 unspecified atom stereocenters. The van der Waals surface area contributed by atoms with Crippen molar-refractivity contribution < 1.29 is 8.42 Å². The van der Waals surface area contributed by atoms with Crippen molar-refractivity contribution in [3.63, 3.8) is 0 Å². The van der Waals surface area contributed by atoms with Crippen molar-refractivity contribution in [3.05, 3.63) is 0 Å². The fraction of sp³-hybridized carbons (Fsp3) is 1.00. The van der Waals surface area contributed by atoms with Crippen LogP contribution in [0.2, 0.25) is 0 Å². The Morgan fingerprint density at radius 3 is 2.08 bits per heavy atom. The molecule has 0 aromatic heterocycles. The van der Waals surface area contributed by atoms with Crippen molar-refractivity contribution >= 4 is 9.84 Å². The highest BCUT2D eigenvalue weighted by molar-refractivity contribution is 7.91. The largest absolute Gasteiger partial charge is 0.328 e. The Kier molecular flexibility index (Phi) is 5.56. The number of unbranched alkanes of at least 4 members (excludes halogenated alkanes) is 1. The van der Waals surface area contributed by atoms with Gasteiger partial charge in [-0.25, -0.2) is 8.42 Å². The summed E-state index contributed by atoms with van der Waals surface area (Å²) in [6.45, 7) is 5.39. The standard InChI is InChI=1S/C9H21NO2S/c1-8(2)13(11,12)7-5-4-6-9(3)10/h8-9H,4-7,10H2,1-3H3. The molecule has 0 aromatic carbocycles. The summed E-state index contributed by atoms with van der Waals surface area (Å²) in [6, 6.07) is 0.182. The average molecular weight is 207 g/mol. The maximum Gasteiger partial charge on any atom is 0.152 e. The molecule has 0 aliphatic heterocycles. The molecule has 0 rings (SSSR count). The van der Waals surface area contributed by atoms with E-state index in [0.717, 1.165) is 19.3 Å². The van der Waals surface area contributed by atoms with Crippen LogP contribution in [0, 0.1) is 0 Å². The molecule has 80 valence electrons. The van der Waals surface area contributed by atoms with Gasteiger partial charge in [0.2, 0.25) is 0 Å². The Bertz CT molecular complexity index is 220. The predicted octanol–water partition coefficient (Wildman–Crippen LogP) is 1.33. The summed E-state index contributed by atoms with van der Waals surface area (Å²) in [5.41, 5.74) is 5.55. The molecule has 0 heterocycles. The highest BCUT2D eigenvalue weighted by Gasteiger charge is 2.14. The summed E-state index contributed by atoms with van der Waals surface area (Å²) in [4.78, 5) is 0. The first kappa shape index (κ1) is 12.9. The minimum absolute atomic E-state index is 0.182. The van der Waals surface area contributed by atoms with Gasteiger partial charge in [-0.1, -0.05) is 6.42 Å². The van der Waals surface area contributed by atoms with E-state index >= 15 is 0 Å². The second-order valence-electron chi connectivity index (χ2n) is 3.89. The van der Waals surface area contributed by atoms with Crippen LogP contribution >= 0.6 is 0 Å². The molecular formula is C9H21NO2S. The molecule has 0 aliphatic carbocycles. The lowest BCUT2D eigenvalue weighted by molar-refractivity contribution is 0.573. The van der Waals surface area contributed by atoms with Crippen molar-refractivity contribution in [2.45, 2.75) is 51.3 Å². The molecule has 0 bridgehead atoms. The first-order valence-corrected chi connectivity index (χ1v) is 6.55. The highest BCUT2D eigenvalue weighted by Crippen LogP contribution is 2.06. The molecule has 0 fully saturated rings. The number of rotatable bonds is 6. The number of nitrogens with two attached hydrogens (primary N) is 1. The Labute approximate surface area is 81.6 Å². The molecule has 3 nitrogen and oxygen atoms in total. The first-order chi connectivity index (χ1) is 5.86. The molecule has 0 saturated heterocycles. The topological polar surface area (TPSA) is 60.2 Å². The summed E-state index contributed by atoms with van der Waals surface area (Å²) in [5, 5.41) is -0.247. The van der Waals surface area contributed by atoms with Gasteiger partial charge in [0, 0.05) is 6.04 Å². The van der Waals surface area contributed by atoms with E-state index in [9.17, 15) is 8.42 Å². The first-order valence-electron chi connectivity index (χ1n) is 4.83. The SMILES string of the molecule is CC(N)CCCCS(=O)(=O)C(C)C. The second-order valence-corrected chi connectivity index (χ2v) is 6.57. The molecule has 0 aliphatic rings. The zero-order valence-electron chi connectivity index (χ0n) is 8.79. The summed E-state index contributed by atoms with van der Waals surface area (Å²) in [7, 11) is -2.84. The van der Waals surface area contributed by atoms with E-state index in [2.05, 4.69) is 0 Å². The van der Waals surface area contributed by atoms with Crippen molar-refractivity contribution in [3.8, 4) is 0 Å². The van der Waals surface area contributed by atoms with Crippen LogP contribution in [0.4, 0.5) is 0 Å². The molecule has 0 saturated carbocycles. The van der Waals surface area contributed by atoms with E-state index in [0.29, 0.717) is 5.75 Å². The fourth-order valence-corrected chi connectivity index (χ4v) is 2.08. The van der Waals surface area contributed by atoms with Gasteiger partial charge in [-0.05, 0) is 33.6 Å². The van der Waals surface area contributed by atoms with Crippen molar-refractivity contribution in [1.82, 2.24) is 0 Å². The molecule has 0 aromatic rings. The van der Waals surface area contributed by atoms with E-state index in [1.807, 2.05) is 6.92 Å². The summed E-state index contributed by atoms with van der Waals surface area (Å²) < 4.78 is 22.7. The van der Waals surface area contributed by atoms with Gasteiger partial charge in [-0.3, -0.25) is 0 Å². The average Bonchev–Trinajstić information content (AvgIpc) is 1.97. The third-order valence-corrected chi connectivity index (χ3v) is 4.35. The van der Waals surface area contributed by atoms with Crippen LogP contribution in [0.5, 0.6) is 0 Å². The molecule has 0 amide bonds. The lowest BCUT2D eigenvalue weighted by Crippen LogP contribution is -2.19. The van der Waals surface area contributed by atoms with Crippen LogP contribution in [0.25, 0.3) is 0 Å². The monoisotopic (exact) mass is 207 g/mol. The molecule has 2 N–H and O–H groups in total. The van der Waals surface area contributed by atoms with Crippen LogP contribution in [0.1, 0.15) is 40.0 Å². The molecule has 0 spiro atoms. The zero-order chi connectivity index (χ0) is 10.5. The van der Waals surface area contributed by atoms with Gasteiger partial charge in [0.05, 0.1) is 11.0 Å². The molecule has 13 heavy (non-hydrogen) atoms. The van der Waals surface area contributed by atoms with E-state index in [1.165, 1.54) is 0 Å². The van der Waals surface area contributed by atoms with Crippen LogP contribution in [-0.4, -0.2) is 25.5 Å². The molecule has 1 atom stereocenters. The summed E-state index contributed by atoms with van der Waals surface area (Å²) >= 11 is 0. The van der Waals surface area contributed by atoms with Crippen LogP contribution in [-0.2, 0) is 9.84 Å². The van der Waals surface area contributed by atoms with Crippen molar-refractivity contribution in [2.75, 3.05) is 5.75 Å². The second kappa shape index (κ2) is 5.60.